The molecule has 0 N–H and O–H groups in total. The number of hydrogen-bond acceptors (Lipinski definition) is 4. The van der Waals surface area contributed by atoms with Crippen molar-refractivity contribution in [2.45, 2.75) is 31.2 Å². The molecule has 0 aliphatic carbocycles. The molecular formula is C21H21ClFNO3S. The number of nitrogens with zero attached hydrogens (tertiary/aromatic N) is 1. The zero-order valence-electron chi connectivity index (χ0n) is 15.4. The molecule has 2 unspecified atom stereocenters. The van der Waals surface area contributed by atoms with Crippen LogP contribution in [0.3, 0.4) is 0 Å². The number of halogens is 2. The SMILES string of the molecule is CCCCOC(=O)C1CSC(c2cccc(Cl)c2)N1C(=O)c1cccc(F)c1. The van der Waals surface area contributed by atoms with Crippen LogP contribution in [-0.4, -0.2) is 35.2 Å². The lowest BCUT2D eigenvalue weighted by atomic mass is 10.1. The predicted octanol–water partition coefficient (Wildman–Crippen LogP) is 5.08. The van der Waals surface area contributed by atoms with Crippen LogP contribution in [0.1, 0.15) is 41.1 Å². The predicted molar refractivity (Wildman–Crippen MR) is 109 cm³/mol. The van der Waals surface area contributed by atoms with E-state index in [-0.39, 0.29) is 5.56 Å². The van der Waals surface area contributed by atoms with Gasteiger partial charge in [-0.2, -0.15) is 0 Å². The molecule has 4 nitrogen and oxygen atoms in total. The summed E-state index contributed by atoms with van der Waals surface area (Å²) in [4.78, 5) is 27.4. The van der Waals surface area contributed by atoms with E-state index in [1.54, 1.807) is 24.3 Å². The minimum atomic E-state index is -0.735. The molecule has 7 heteroatoms. The van der Waals surface area contributed by atoms with Crippen LogP contribution in [0.25, 0.3) is 0 Å². The zero-order chi connectivity index (χ0) is 20.1. The Morgan fingerprint density at radius 3 is 2.75 bits per heavy atom. The minimum Gasteiger partial charge on any atom is -0.464 e. The molecule has 0 radical (unpaired) electrons. The molecule has 2 atom stereocenters. The fraction of sp³-hybridized carbons (Fsp3) is 0.333. The highest BCUT2D eigenvalue weighted by atomic mass is 35.5. The largest absolute Gasteiger partial charge is 0.464 e. The Hall–Kier alpha value is -2.05. The van der Waals surface area contributed by atoms with Gasteiger partial charge in [0.1, 0.15) is 17.2 Å². The van der Waals surface area contributed by atoms with Gasteiger partial charge in [0, 0.05) is 16.3 Å². The van der Waals surface area contributed by atoms with Crippen molar-refractivity contribution in [1.82, 2.24) is 4.90 Å². The molecule has 2 aromatic carbocycles. The Balaban J connectivity index is 1.92. The molecule has 28 heavy (non-hydrogen) atoms. The van der Waals surface area contributed by atoms with E-state index in [0.717, 1.165) is 18.4 Å². The van der Waals surface area contributed by atoms with Crippen LogP contribution in [0.2, 0.25) is 5.02 Å². The van der Waals surface area contributed by atoms with E-state index >= 15 is 0 Å². The summed E-state index contributed by atoms with van der Waals surface area (Å²) in [5.74, 6) is -0.940. The number of rotatable bonds is 6. The van der Waals surface area contributed by atoms with Crippen LogP contribution in [0.15, 0.2) is 48.5 Å². The number of carbonyl (C=O) groups excluding carboxylic acids is 2. The number of ether oxygens (including phenoxy) is 1. The number of carbonyl (C=O) groups is 2. The highest BCUT2D eigenvalue weighted by molar-refractivity contribution is 7.99. The van der Waals surface area contributed by atoms with Crippen molar-refractivity contribution in [3.05, 3.63) is 70.5 Å². The van der Waals surface area contributed by atoms with E-state index in [1.165, 1.54) is 34.9 Å². The highest BCUT2D eigenvalue weighted by Gasteiger charge is 2.43. The summed E-state index contributed by atoms with van der Waals surface area (Å²) in [5, 5.41) is 0.142. The van der Waals surface area contributed by atoms with E-state index in [9.17, 15) is 14.0 Å². The van der Waals surface area contributed by atoms with Crippen molar-refractivity contribution >= 4 is 35.2 Å². The molecule has 0 bridgehead atoms. The van der Waals surface area contributed by atoms with Gasteiger partial charge in [-0.25, -0.2) is 9.18 Å². The van der Waals surface area contributed by atoms with Gasteiger partial charge in [-0.1, -0.05) is 43.1 Å². The van der Waals surface area contributed by atoms with Crippen LogP contribution in [0, 0.1) is 5.82 Å². The molecule has 1 amide bonds. The van der Waals surface area contributed by atoms with E-state index in [0.29, 0.717) is 17.4 Å². The summed E-state index contributed by atoms with van der Waals surface area (Å²) in [6.45, 7) is 2.33. The Kier molecular flexibility index (Phi) is 6.97. The number of benzene rings is 2. The first-order valence-corrected chi connectivity index (χ1v) is 10.6. The number of amides is 1. The second-order valence-corrected chi connectivity index (χ2v) is 8.05. The highest BCUT2D eigenvalue weighted by Crippen LogP contribution is 2.43. The lowest BCUT2D eigenvalue weighted by Gasteiger charge is -2.29. The molecule has 2 aromatic rings. The molecule has 0 spiro atoms. The first-order valence-electron chi connectivity index (χ1n) is 9.13. The van der Waals surface area contributed by atoms with Gasteiger partial charge in [-0.3, -0.25) is 4.79 Å². The monoisotopic (exact) mass is 421 g/mol. The maximum Gasteiger partial charge on any atom is 0.329 e. The second-order valence-electron chi connectivity index (χ2n) is 6.50. The average molecular weight is 422 g/mol. The summed E-state index contributed by atoms with van der Waals surface area (Å²) in [5.41, 5.74) is 1.01. The van der Waals surface area contributed by atoms with Gasteiger partial charge in [0.15, 0.2) is 0 Å². The van der Waals surface area contributed by atoms with Crippen molar-refractivity contribution in [2.75, 3.05) is 12.4 Å². The van der Waals surface area contributed by atoms with E-state index in [1.807, 2.05) is 13.0 Å². The first kappa shape index (κ1) is 20.7. The molecule has 1 heterocycles. The van der Waals surface area contributed by atoms with Gasteiger partial charge in [-0.15, -0.1) is 11.8 Å². The first-order chi connectivity index (χ1) is 13.5. The molecule has 1 saturated heterocycles. The summed E-state index contributed by atoms with van der Waals surface area (Å²) in [6.07, 6.45) is 1.67. The standard InChI is InChI=1S/C21H21ClFNO3S/c1-2-3-10-27-21(26)18-13-28-20(15-7-4-8-16(22)11-15)24(18)19(25)14-6-5-9-17(23)12-14/h4-9,11-12,18,20H,2-3,10,13H2,1H3. The smallest absolute Gasteiger partial charge is 0.329 e. The summed E-state index contributed by atoms with van der Waals surface area (Å²) >= 11 is 7.58. The Morgan fingerprint density at radius 2 is 2.04 bits per heavy atom. The zero-order valence-corrected chi connectivity index (χ0v) is 17.0. The van der Waals surface area contributed by atoms with E-state index in [2.05, 4.69) is 0 Å². The molecule has 1 fully saturated rings. The van der Waals surface area contributed by atoms with Crippen LogP contribution >= 0.6 is 23.4 Å². The quantitative estimate of drug-likeness (QED) is 0.482. The summed E-state index contributed by atoms with van der Waals surface area (Å²) in [6, 6.07) is 11.9. The minimum absolute atomic E-state index is 0.195. The van der Waals surface area contributed by atoms with E-state index in [4.69, 9.17) is 16.3 Å². The van der Waals surface area contributed by atoms with Crippen molar-refractivity contribution < 1.29 is 18.7 Å². The Morgan fingerprint density at radius 1 is 1.25 bits per heavy atom. The molecule has 148 valence electrons. The van der Waals surface area contributed by atoms with Crippen LogP contribution in [-0.2, 0) is 9.53 Å². The van der Waals surface area contributed by atoms with Gasteiger partial charge >= 0.3 is 5.97 Å². The Bertz CT molecular complexity index is 863. The van der Waals surface area contributed by atoms with Crippen LogP contribution in [0.4, 0.5) is 4.39 Å². The van der Waals surface area contributed by atoms with Crippen LogP contribution in [0.5, 0.6) is 0 Å². The fourth-order valence-corrected chi connectivity index (χ4v) is 4.64. The van der Waals surface area contributed by atoms with Crippen molar-refractivity contribution in [1.29, 1.82) is 0 Å². The van der Waals surface area contributed by atoms with Crippen molar-refractivity contribution in [2.24, 2.45) is 0 Å². The maximum absolute atomic E-state index is 13.7. The second kappa shape index (κ2) is 9.43. The lowest BCUT2D eigenvalue weighted by molar-refractivity contribution is -0.148. The third-order valence-corrected chi connectivity index (χ3v) is 6.01. The number of hydrogen-bond donors (Lipinski definition) is 0. The number of thioether (sulfide) groups is 1. The van der Waals surface area contributed by atoms with Gasteiger partial charge in [0.25, 0.3) is 5.91 Å². The molecule has 0 saturated carbocycles. The molecule has 0 aromatic heterocycles. The molecule has 1 aliphatic rings. The lowest BCUT2D eigenvalue weighted by Crippen LogP contribution is -2.44. The molecular weight excluding hydrogens is 401 g/mol. The summed E-state index contributed by atoms with van der Waals surface area (Å²) in [7, 11) is 0. The van der Waals surface area contributed by atoms with Crippen LogP contribution < -0.4 is 0 Å². The van der Waals surface area contributed by atoms with Gasteiger partial charge < -0.3 is 9.64 Å². The average Bonchev–Trinajstić information content (AvgIpc) is 3.12. The third-order valence-electron chi connectivity index (χ3n) is 4.45. The number of unbranched alkanes of at least 4 members (excludes halogenated alkanes) is 1. The third kappa shape index (κ3) is 4.67. The van der Waals surface area contributed by atoms with Crippen molar-refractivity contribution in [3.63, 3.8) is 0 Å². The summed E-state index contributed by atoms with van der Waals surface area (Å²) < 4.78 is 19.0. The van der Waals surface area contributed by atoms with E-state index < -0.39 is 29.1 Å². The molecule has 1 aliphatic heterocycles. The number of esters is 1. The normalized spacial score (nSPS) is 18.9. The molecule has 3 rings (SSSR count). The van der Waals surface area contributed by atoms with Crippen molar-refractivity contribution in [3.8, 4) is 0 Å². The van der Waals surface area contributed by atoms with Gasteiger partial charge in [0.2, 0.25) is 0 Å². The van der Waals surface area contributed by atoms with Gasteiger partial charge in [0.05, 0.1) is 6.61 Å². The topological polar surface area (TPSA) is 46.6 Å². The fourth-order valence-electron chi connectivity index (χ4n) is 3.04. The Labute approximate surface area is 173 Å². The van der Waals surface area contributed by atoms with Gasteiger partial charge in [-0.05, 0) is 42.3 Å². The maximum atomic E-state index is 13.7.